The van der Waals surface area contributed by atoms with Crippen molar-refractivity contribution in [2.24, 2.45) is 0 Å². The number of hydrogen-bond acceptors (Lipinski definition) is 2. The van der Waals surface area contributed by atoms with Gasteiger partial charge in [-0.25, -0.2) is 4.79 Å². The lowest BCUT2D eigenvalue weighted by Crippen LogP contribution is -2.16. The van der Waals surface area contributed by atoms with Crippen LogP contribution in [-0.2, 0) is 6.54 Å². The third kappa shape index (κ3) is 2.22. The number of nitrogens with zero attached hydrogens (tertiary/aromatic N) is 1. The molecule has 4 nitrogen and oxygen atoms in total. The van der Waals surface area contributed by atoms with Crippen LogP contribution in [0.3, 0.4) is 0 Å². The number of rotatable bonds is 2. The average Bonchev–Trinajstić information content (AvgIpc) is 2.49. The molecule has 1 heterocycles. The van der Waals surface area contributed by atoms with Gasteiger partial charge in [0.25, 0.3) is 0 Å². The Bertz CT molecular complexity index is 513. The quantitative estimate of drug-likeness (QED) is 0.814. The Morgan fingerprint density at radius 2 is 2.00 bits per heavy atom. The van der Waals surface area contributed by atoms with E-state index in [1.54, 1.807) is 12.1 Å². The summed E-state index contributed by atoms with van der Waals surface area (Å²) in [5, 5.41) is 9.71. The number of aromatic amines is 1. The van der Waals surface area contributed by atoms with Crippen LogP contribution in [-0.4, -0.2) is 14.7 Å². The predicted molar refractivity (Wildman–Crippen MR) is 57.3 cm³/mol. The highest BCUT2D eigenvalue weighted by Crippen LogP contribution is 2.10. The fourth-order valence-corrected chi connectivity index (χ4v) is 1.45. The zero-order valence-corrected chi connectivity index (χ0v) is 8.53. The smallest absolute Gasteiger partial charge is 0.328 e. The Labute approximate surface area is 90.8 Å². The van der Waals surface area contributed by atoms with Gasteiger partial charge in [0.1, 0.15) is 0 Å². The average molecular weight is 225 g/mol. The minimum absolute atomic E-state index is 0.131. The molecule has 2 N–H and O–H groups in total. The van der Waals surface area contributed by atoms with Gasteiger partial charge in [0.15, 0.2) is 0 Å². The molecule has 0 aliphatic heterocycles. The van der Waals surface area contributed by atoms with Crippen molar-refractivity contribution in [3.63, 3.8) is 0 Å². The number of benzene rings is 1. The van der Waals surface area contributed by atoms with E-state index < -0.39 is 0 Å². The number of nitrogens with one attached hydrogen (secondary N) is 1. The summed E-state index contributed by atoms with van der Waals surface area (Å²) in [7, 11) is 0. The molecule has 0 aliphatic rings. The summed E-state index contributed by atoms with van der Waals surface area (Å²) in [5.74, 6) is -0.131. The molecular formula is C10H9ClN2O2. The number of aromatic hydroxyl groups is 1. The molecule has 0 amide bonds. The summed E-state index contributed by atoms with van der Waals surface area (Å²) >= 11 is 5.74. The lowest BCUT2D eigenvalue weighted by Gasteiger charge is -2.00. The summed E-state index contributed by atoms with van der Waals surface area (Å²) in [6.07, 6.45) is 1.36. The maximum atomic E-state index is 11.2. The normalized spacial score (nSPS) is 10.5. The van der Waals surface area contributed by atoms with Crippen LogP contribution in [0.15, 0.2) is 35.3 Å². The van der Waals surface area contributed by atoms with Crippen LogP contribution < -0.4 is 5.69 Å². The molecule has 5 heteroatoms. The second-order valence-corrected chi connectivity index (χ2v) is 3.64. The predicted octanol–water partition coefficient (Wildman–Crippen LogP) is 1.58. The Morgan fingerprint density at radius 1 is 1.33 bits per heavy atom. The number of aromatic nitrogens is 2. The van der Waals surface area contributed by atoms with Gasteiger partial charge in [-0.3, -0.25) is 9.55 Å². The van der Waals surface area contributed by atoms with Crippen LogP contribution in [0.2, 0.25) is 5.02 Å². The summed E-state index contributed by atoms with van der Waals surface area (Å²) in [6, 6.07) is 7.18. The number of halogens is 1. The highest BCUT2D eigenvalue weighted by Gasteiger charge is 2.01. The maximum Gasteiger partial charge on any atom is 0.328 e. The second kappa shape index (κ2) is 3.82. The van der Waals surface area contributed by atoms with E-state index in [9.17, 15) is 4.79 Å². The van der Waals surface area contributed by atoms with Crippen molar-refractivity contribution in [3.05, 3.63) is 51.5 Å². The van der Waals surface area contributed by atoms with E-state index in [0.29, 0.717) is 11.6 Å². The third-order valence-electron chi connectivity index (χ3n) is 2.04. The van der Waals surface area contributed by atoms with Crippen molar-refractivity contribution < 1.29 is 5.11 Å². The Hall–Kier alpha value is -1.68. The van der Waals surface area contributed by atoms with Gasteiger partial charge in [0, 0.05) is 5.02 Å². The van der Waals surface area contributed by atoms with Crippen molar-refractivity contribution in [1.29, 1.82) is 0 Å². The highest BCUT2D eigenvalue weighted by molar-refractivity contribution is 6.30. The molecular weight excluding hydrogens is 216 g/mol. The van der Waals surface area contributed by atoms with Crippen molar-refractivity contribution in [2.45, 2.75) is 6.54 Å². The fourth-order valence-electron chi connectivity index (χ4n) is 1.32. The van der Waals surface area contributed by atoms with E-state index in [2.05, 4.69) is 4.98 Å². The van der Waals surface area contributed by atoms with E-state index >= 15 is 0 Å². The minimum Gasteiger partial charge on any atom is -0.493 e. The summed E-state index contributed by atoms with van der Waals surface area (Å²) in [6.45, 7) is 0.410. The maximum absolute atomic E-state index is 11.2. The summed E-state index contributed by atoms with van der Waals surface area (Å²) in [5.41, 5.74) is 0.614. The Kier molecular flexibility index (Phi) is 2.51. The summed E-state index contributed by atoms with van der Waals surface area (Å²) in [4.78, 5) is 13.5. The number of H-pyrrole nitrogens is 1. The van der Waals surface area contributed by atoms with Crippen LogP contribution >= 0.6 is 11.6 Å². The molecule has 0 bridgehead atoms. The zero-order valence-electron chi connectivity index (χ0n) is 7.77. The molecule has 0 saturated heterocycles. The van der Waals surface area contributed by atoms with Gasteiger partial charge in [0.05, 0.1) is 12.7 Å². The molecule has 0 atom stereocenters. The summed E-state index contributed by atoms with van der Waals surface area (Å²) < 4.78 is 1.39. The largest absolute Gasteiger partial charge is 0.493 e. The van der Waals surface area contributed by atoms with Crippen LogP contribution in [0.1, 0.15) is 5.56 Å². The van der Waals surface area contributed by atoms with Gasteiger partial charge in [0.2, 0.25) is 5.88 Å². The van der Waals surface area contributed by atoms with Crippen LogP contribution in [0.5, 0.6) is 5.88 Å². The van der Waals surface area contributed by atoms with Crippen LogP contribution in [0.25, 0.3) is 0 Å². The first-order valence-corrected chi connectivity index (χ1v) is 4.76. The lowest BCUT2D eigenvalue weighted by atomic mass is 10.2. The molecule has 0 saturated carbocycles. The fraction of sp³-hybridized carbons (Fsp3) is 0.100. The molecule has 2 aromatic rings. The third-order valence-corrected chi connectivity index (χ3v) is 2.29. The molecule has 15 heavy (non-hydrogen) atoms. The van der Waals surface area contributed by atoms with E-state index in [1.807, 2.05) is 12.1 Å². The van der Waals surface area contributed by atoms with Gasteiger partial charge in [-0.15, -0.1) is 0 Å². The van der Waals surface area contributed by atoms with Crippen molar-refractivity contribution in [1.82, 2.24) is 9.55 Å². The monoisotopic (exact) mass is 224 g/mol. The Balaban J connectivity index is 2.25. The zero-order chi connectivity index (χ0) is 10.8. The first-order chi connectivity index (χ1) is 7.15. The van der Waals surface area contributed by atoms with Gasteiger partial charge in [-0.2, -0.15) is 0 Å². The molecule has 1 aromatic carbocycles. The first-order valence-electron chi connectivity index (χ1n) is 4.38. The molecule has 0 aliphatic carbocycles. The van der Waals surface area contributed by atoms with Gasteiger partial charge < -0.3 is 5.11 Å². The van der Waals surface area contributed by atoms with Gasteiger partial charge in [-0.1, -0.05) is 23.7 Å². The number of hydrogen-bond donors (Lipinski definition) is 2. The molecule has 1 aromatic heterocycles. The topological polar surface area (TPSA) is 58.0 Å². The SMILES string of the molecule is O=c1[nH]c(O)cn1Cc1ccc(Cl)cc1. The molecule has 78 valence electrons. The highest BCUT2D eigenvalue weighted by atomic mass is 35.5. The van der Waals surface area contributed by atoms with Crippen LogP contribution in [0, 0.1) is 0 Å². The molecule has 0 unspecified atom stereocenters. The second-order valence-electron chi connectivity index (χ2n) is 3.20. The molecule has 2 rings (SSSR count). The van der Waals surface area contributed by atoms with Gasteiger partial charge >= 0.3 is 5.69 Å². The first kappa shape index (κ1) is 9.86. The van der Waals surface area contributed by atoms with E-state index in [1.165, 1.54) is 10.8 Å². The standard InChI is InChI=1S/C10H9ClN2O2/c11-8-3-1-7(2-4-8)5-13-6-9(14)12-10(13)15/h1-4,6,14H,5H2,(H,12,15). The molecule has 0 radical (unpaired) electrons. The van der Waals surface area contributed by atoms with Crippen molar-refractivity contribution in [3.8, 4) is 5.88 Å². The number of imidazole rings is 1. The lowest BCUT2D eigenvalue weighted by molar-refractivity contribution is 0.455. The van der Waals surface area contributed by atoms with Crippen molar-refractivity contribution >= 4 is 11.6 Å². The minimum atomic E-state index is -0.331. The van der Waals surface area contributed by atoms with E-state index in [4.69, 9.17) is 16.7 Å². The Morgan fingerprint density at radius 3 is 2.53 bits per heavy atom. The van der Waals surface area contributed by atoms with E-state index in [0.717, 1.165) is 5.56 Å². The van der Waals surface area contributed by atoms with E-state index in [-0.39, 0.29) is 11.6 Å². The molecule has 0 fully saturated rings. The molecule has 0 spiro atoms. The van der Waals surface area contributed by atoms with Crippen molar-refractivity contribution in [2.75, 3.05) is 0 Å². The van der Waals surface area contributed by atoms with Gasteiger partial charge in [-0.05, 0) is 17.7 Å². The van der Waals surface area contributed by atoms with Crippen LogP contribution in [0.4, 0.5) is 0 Å².